The highest BCUT2D eigenvalue weighted by Crippen LogP contribution is 2.27. The zero-order chi connectivity index (χ0) is 15.5. The molecule has 1 saturated heterocycles. The summed E-state index contributed by atoms with van der Waals surface area (Å²) in [7, 11) is 0. The van der Waals surface area contributed by atoms with Crippen LogP contribution in [-0.2, 0) is 11.3 Å². The maximum atomic E-state index is 6.26. The Kier molecular flexibility index (Phi) is 4.82. The molecule has 2 aromatic carbocycles. The number of morpholine rings is 1. The van der Waals surface area contributed by atoms with Gasteiger partial charge in [-0.25, -0.2) is 0 Å². The monoisotopic (exact) mass is 315 g/mol. The Hall–Kier alpha value is -1.35. The average molecular weight is 316 g/mol. The van der Waals surface area contributed by atoms with Gasteiger partial charge in [0.05, 0.1) is 12.2 Å². The maximum Gasteiger partial charge on any atom is 0.0678 e. The third-order valence-corrected chi connectivity index (χ3v) is 4.37. The number of hydrogen-bond donors (Lipinski definition) is 0. The summed E-state index contributed by atoms with van der Waals surface area (Å²) >= 11 is 6.26. The molecule has 0 aliphatic carbocycles. The lowest BCUT2D eigenvalue weighted by Gasteiger charge is -2.35. The Balaban J connectivity index is 1.71. The molecule has 1 aliphatic heterocycles. The van der Waals surface area contributed by atoms with Crippen molar-refractivity contribution in [3.8, 4) is 11.1 Å². The van der Waals surface area contributed by atoms with E-state index in [9.17, 15) is 0 Å². The van der Waals surface area contributed by atoms with Gasteiger partial charge in [0.25, 0.3) is 0 Å². The fourth-order valence-corrected chi connectivity index (χ4v) is 3.40. The lowest BCUT2D eigenvalue weighted by molar-refractivity contribution is -0.0704. The van der Waals surface area contributed by atoms with Crippen molar-refractivity contribution < 1.29 is 4.74 Å². The van der Waals surface area contributed by atoms with Crippen LogP contribution in [0.25, 0.3) is 11.1 Å². The van der Waals surface area contributed by atoms with E-state index in [0.717, 1.165) is 35.8 Å². The summed E-state index contributed by atoms with van der Waals surface area (Å²) in [5.74, 6) is 0. The van der Waals surface area contributed by atoms with Crippen molar-refractivity contribution in [1.82, 2.24) is 4.90 Å². The summed E-state index contributed by atoms with van der Waals surface area (Å²) < 4.78 is 5.79. The van der Waals surface area contributed by atoms with Gasteiger partial charge in [-0.3, -0.25) is 4.90 Å². The SMILES string of the molecule is C[C@@H]1CN(Cc2ccc(-c3ccccc3Cl)cc2)C[C@@H](C)O1. The Labute approximate surface area is 137 Å². The molecule has 2 aromatic rings. The van der Waals surface area contributed by atoms with Crippen molar-refractivity contribution in [3.63, 3.8) is 0 Å². The summed E-state index contributed by atoms with van der Waals surface area (Å²) in [5, 5.41) is 0.797. The normalized spacial score (nSPS) is 22.7. The number of hydrogen-bond acceptors (Lipinski definition) is 2. The summed E-state index contributed by atoms with van der Waals surface area (Å²) in [5.41, 5.74) is 3.58. The molecule has 3 rings (SSSR count). The van der Waals surface area contributed by atoms with Crippen LogP contribution < -0.4 is 0 Å². The fourth-order valence-electron chi connectivity index (χ4n) is 3.16. The highest BCUT2D eigenvalue weighted by Gasteiger charge is 2.21. The first-order chi connectivity index (χ1) is 10.6. The van der Waals surface area contributed by atoms with Crippen LogP contribution in [0.15, 0.2) is 48.5 Å². The Morgan fingerprint density at radius 3 is 2.27 bits per heavy atom. The van der Waals surface area contributed by atoms with Gasteiger partial charge in [-0.2, -0.15) is 0 Å². The van der Waals surface area contributed by atoms with Gasteiger partial charge >= 0.3 is 0 Å². The molecule has 0 spiro atoms. The quantitative estimate of drug-likeness (QED) is 0.819. The van der Waals surface area contributed by atoms with Crippen molar-refractivity contribution in [3.05, 3.63) is 59.1 Å². The molecular weight excluding hydrogens is 294 g/mol. The number of rotatable bonds is 3. The number of ether oxygens (including phenoxy) is 1. The van der Waals surface area contributed by atoms with Gasteiger partial charge in [-0.1, -0.05) is 54.1 Å². The molecule has 2 atom stereocenters. The molecule has 0 radical (unpaired) electrons. The molecule has 2 nitrogen and oxygen atoms in total. The minimum atomic E-state index is 0.311. The van der Waals surface area contributed by atoms with E-state index in [1.165, 1.54) is 5.56 Å². The lowest BCUT2D eigenvalue weighted by atomic mass is 10.0. The van der Waals surface area contributed by atoms with Gasteiger partial charge in [-0.15, -0.1) is 0 Å². The van der Waals surface area contributed by atoms with E-state index in [1.807, 2.05) is 18.2 Å². The molecule has 116 valence electrons. The van der Waals surface area contributed by atoms with Gasteiger partial charge in [0.1, 0.15) is 0 Å². The van der Waals surface area contributed by atoms with Gasteiger partial charge in [-0.05, 0) is 31.0 Å². The fraction of sp³-hybridized carbons (Fsp3) is 0.368. The molecule has 0 bridgehead atoms. The van der Waals surface area contributed by atoms with E-state index in [0.29, 0.717) is 12.2 Å². The summed E-state index contributed by atoms with van der Waals surface area (Å²) in [6.45, 7) is 7.25. The smallest absolute Gasteiger partial charge is 0.0678 e. The second kappa shape index (κ2) is 6.82. The number of halogens is 1. The van der Waals surface area contributed by atoms with Crippen LogP contribution in [-0.4, -0.2) is 30.2 Å². The Morgan fingerprint density at radius 2 is 1.64 bits per heavy atom. The molecule has 1 aliphatic rings. The molecule has 0 saturated carbocycles. The second-order valence-corrected chi connectivity index (χ2v) is 6.54. The Bertz CT molecular complexity index is 616. The topological polar surface area (TPSA) is 12.5 Å². The maximum absolute atomic E-state index is 6.26. The zero-order valence-corrected chi connectivity index (χ0v) is 13.9. The molecule has 0 unspecified atom stereocenters. The van der Waals surface area contributed by atoms with E-state index < -0.39 is 0 Å². The van der Waals surface area contributed by atoms with Crippen LogP contribution in [0, 0.1) is 0 Å². The van der Waals surface area contributed by atoms with Crippen molar-refractivity contribution in [2.45, 2.75) is 32.6 Å². The van der Waals surface area contributed by atoms with Crippen molar-refractivity contribution in [1.29, 1.82) is 0 Å². The molecule has 0 N–H and O–H groups in total. The van der Waals surface area contributed by atoms with Crippen molar-refractivity contribution in [2.75, 3.05) is 13.1 Å². The highest BCUT2D eigenvalue weighted by molar-refractivity contribution is 6.33. The minimum Gasteiger partial charge on any atom is -0.373 e. The first kappa shape index (κ1) is 15.5. The van der Waals surface area contributed by atoms with Crippen LogP contribution >= 0.6 is 11.6 Å². The van der Waals surface area contributed by atoms with Crippen LogP contribution in [0.1, 0.15) is 19.4 Å². The van der Waals surface area contributed by atoms with E-state index in [2.05, 4.69) is 49.1 Å². The molecule has 22 heavy (non-hydrogen) atoms. The molecule has 0 aromatic heterocycles. The molecule has 3 heteroatoms. The van der Waals surface area contributed by atoms with Crippen LogP contribution in [0.5, 0.6) is 0 Å². The van der Waals surface area contributed by atoms with E-state index in [4.69, 9.17) is 16.3 Å². The van der Waals surface area contributed by atoms with Crippen molar-refractivity contribution >= 4 is 11.6 Å². The second-order valence-electron chi connectivity index (χ2n) is 6.13. The molecule has 1 heterocycles. The largest absolute Gasteiger partial charge is 0.373 e. The van der Waals surface area contributed by atoms with Gasteiger partial charge < -0.3 is 4.74 Å². The third-order valence-electron chi connectivity index (χ3n) is 4.04. The highest BCUT2D eigenvalue weighted by atomic mass is 35.5. The summed E-state index contributed by atoms with van der Waals surface area (Å²) in [6, 6.07) is 16.7. The number of nitrogens with zero attached hydrogens (tertiary/aromatic N) is 1. The van der Waals surface area contributed by atoms with Crippen molar-refractivity contribution in [2.24, 2.45) is 0 Å². The standard InChI is InChI=1S/C19H22ClNO/c1-14-11-21(12-15(2)22-14)13-16-7-9-17(10-8-16)18-5-3-4-6-19(18)20/h3-10,14-15H,11-13H2,1-2H3/t14-,15-/m1/s1. The first-order valence-electron chi connectivity index (χ1n) is 7.83. The predicted molar refractivity (Wildman–Crippen MR) is 92.2 cm³/mol. The van der Waals surface area contributed by atoms with E-state index in [-0.39, 0.29) is 0 Å². The van der Waals surface area contributed by atoms with Crippen LogP contribution in [0.4, 0.5) is 0 Å². The van der Waals surface area contributed by atoms with E-state index in [1.54, 1.807) is 0 Å². The van der Waals surface area contributed by atoms with Gasteiger partial charge in [0, 0.05) is 30.2 Å². The zero-order valence-electron chi connectivity index (χ0n) is 13.1. The molecule has 0 amide bonds. The van der Waals surface area contributed by atoms with Gasteiger partial charge in [0.15, 0.2) is 0 Å². The van der Waals surface area contributed by atoms with Crippen LogP contribution in [0.2, 0.25) is 5.02 Å². The Morgan fingerprint density at radius 1 is 1.00 bits per heavy atom. The minimum absolute atomic E-state index is 0.311. The lowest BCUT2D eigenvalue weighted by Crippen LogP contribution is -2.44. The van der Waals surface area contributed by atoms with Gasteiger partial charge in [0.2, 0.25) is 0 Å². The first-order valence-corrected chi connectivity index (χ1v) is 8.21. The summed E-state index contributed by atoms with van der Waals surface area (Å²) in [6.07, 6.45) is 0.622. The van der Waals surface area contributed by atoms with Crippen LogP contribution in [0.3, 0.4) is 0 Å². The molecule has 1 fully saturated rings. The average Bonchev–Trinajstić information content (AvgIpc) is 2.48. The summed E-state index contributed by atoms with van der Waals surface area (Å²) in [4.78, 5) is 2.46. The number of benzene rings is 2. The third kappa shape index (κ3) is 3.70. The molecular formula is C19H22ClNO. The van der Waals surface area contributed by atoms with E-state index >= 15 is 0 Å². The predicted octanol–water partition coefficient (Wildman–Crippen LogP) is 4.62.